The number of nitrogens with zero attached hydrogens (tertiary/aromatic N) is 5. The number of urea groups is 1. The molecule has 0 spiro atoms. The number of carboxylic acid groups (broad SMARTS) is 6. The van der Waals surface area contributed by atoms with Crippen molar-refractivity contribution in [1.82, 2.24) is 35.1 Å². The van der Waals surface area contributed by atoms with E-state index in [0.717, 1.165) is 11.1 Å². The predicted octanol–water partition coefficient (Wildman–Crippen LogP) is 0.559. The largest absolute Gasteiger partial charge is 0.481 e. The van der Waals surface area contributed by atoms with Gasteiger partial charge in [0.2, 0.25) is 5.91 Å². The molecule has 3 amide bonds. The Labute approximate surface area is 372 Å². The standard InChI is InChI=1S/C42H65N7O15/c1-30-10-12-31(13-11-30)25-49(16-6-5-8-33(40(60)61)43-42(64)44-34(41(62)63)14-15-36(52)53)35(51)9-4-2-3-7-32(50)26-45-17-19-46(27-37(54)55)21-23-48(29-39(58)59)24-22-47(20-18-45)28-38(56)57/h10-13,33-34H,2-9,14-29H2,1H3,(H,52,53)(H,54,55)(H,56,57)(H,58,59)(H,60,61)(H,62,63)(H2,43,44,64)/t33-,34-/m0/s1. The minimum absolute atomic E-state index is 0.0256. The summed E-state index contributed by atoms with van der Waals surface area (Å²) in [5.74, 6) is -7.41. The van der Waals surface area contributed by atoms with Gasteiger partial charge in [0, 0.05) is 84.7 Å². The lowest BCUT2D eigenvalue weighted by molar-refractivity contribution is -0.141. The number of aryl methyl sites for hydroxylation is 1. The van der Waals surface area contributed by atoms with Crippen LogP contribution in [0, 0.1) is 6.92 Å². The maximum absolute atomic E-state index is 13.5. The van der Waals surface area contributed by atoms with Gasteiger partial charge in [0.1, 0.15) is 17.9 Å². The lowest BCUT2D eigenvalue weighted by atomic mass is 10.1. The number of aliphatic carboxylic acids is 6. The van der Waals surface area contributed by atoms with Gasteiger partial charge in [-0.25, -0.2) is 14.4 Å². The number of carbonyl (C=O) groups is 9. The van der Waals surface area contributed by atoms with Gasteiger partial charge in [-0.1, -0.05) is 36.2 Å². The average molecular weight is 908 g/mol. The number of carboxylic acids is 6. The summed E-state index contributed by atoms with van der Waals surface area (Å²) in [6.45, 7) is 4.08. The molecule has 8 N–H and O–H groups in total. The summed E-state index contributed by atoms with van der Waals surface area (Å²) in [5.41, 5.74) is 1.93. The van der Waals surface area contributed by atoms with E-state index < -0.39 is 66.8 Å². The van der Waals surface area contributed by atoms with E-state index in [4.69, 9.17) is 5.11 Å². The Hall–Kier alpha value is -5.71. The Morgan fingerprint density at radius 1 is 0.531 bits per heavy atom. The molecule has 1 aromatic rings. The van der Waals surface area contributed by atoms with Crippen LogP contribution in [0.25, 0.3) is 0 Å². The highest BCUT2D eigenvalue weighted by Gasteiger charge is 2.26. The smallest absolute Gasteiger partial charge is 0.326 e. The number of hydrogen-bond donors (Lipinski definition) is 8. The number of ketones is 1. The highest BCUT2D eigenvalue weighted by Crippen LogP contribution is 2.14. The van der Waals surface area contributed by atoms with Crippen LogP contribution in [-0.2, 0) is 44.9 Å². The van der Waals surface area contributed by atoms with E-state index in [0.29, 0.717) is 58.4 Å². The van der Waals surface area contributed by atoms with Crippen LogP contribution >= 0.6 is 0 Å². The summed E-state index contributed by atoms with van der Waals surface area (Å²) in [7, 11) is 0. The van der Waals surface area contributed by atoms with Crippen LogP contribution in [0.15, 0.2) is 24.3 Å². The molecule has 1 aliphatic rings. The molecular weight excluding hydrogens is 842 g/mol. The normalized spacial score (nSPS) is 15.7. The molecule has 2 atom stereocenters. The third-order valence-electron chi connectivity index (χ3n) is 10.6. The zero-order valence-corrected chi connectivity index (χ0v) is 36.5. The van der Waals surface area contributed by atoms with Gasteiger partial charge >= 0.3 is 41.8 Å². The van der Waals surface area contributed by atoms with E-state index in [1.54, 1.807) is 19.6 Å². The van der Waals surface area contributed by atoms with Gasteiger partial charge in [-0.2, -0.15) is 0 Å². The summed E-state index contributed by atoms with van der Waals surface area (Å²) in [5, 5.41) is 60.5. The lowest BCUT2D eigenvalue weighted by Crippen LogP contribution is -2.51. The Morgan fingerprint density at radius 2 is 0.969 bits per heavy atom. The molecule has 1 fully saturated rings. The fourth-order valence-corrected chi connectivity index (χ4v) is 7.04. The van der Waals surface area contributed by atoms with Gasteiger partial charge in [0.15, 0.2) is 0 Å². The molecule has 22 nitrogen and oxygen atoms in total. The third kappa shape index (κ3) is 24.2. The molecule has 0 radical (unpaired) electrons. The van der Waals surface area contributed by atoms with Crippen molar-refractivity contribution in [1.29, 1.82) is 0 Å². The monoisotopic (exact) mass is 907 g/mol. The van der Waals surface area contributed by atoms with Crippen LogP contribution in [-0.4, -0.2) is 206 Å². The number of hydrogen-bond acceptors (Lipinski definition) is 13. The second-order valence-corrected chi connectivity index (χ2v) is 16.0. The molecule has 0 bridgehead atoms. The zero-order chi connectivity index (χ0) is 47.6. The first-order chi connectivity index (χ1) is 30.3. The van der Waals surface area contributed by atoms with Crippen LogP contribution in [0.5, 0.6) is 0 Å². The molecular formula is C42H65N7O15. The highest BCUT2D eigenvalue weighted by molar-refractivity contribution is 5.86. The Balaban J connectivity index is 1.96. The molecule has 0 aromatic heterocycles. The molecule has 64 heavy (non-hydrogen) atoms. The van der Waals surface area contributed by atoms with Crippen molar-refractivity contribution >= 4 is 53.5 Å². The zero-order valence-electron chi connectivity index (χ0n) is 36.5. The topological polar surface area (TPSA) is 315 Å². The van der Waals surface area contributed by atoms with Crippen molar-refractivity contribution in [3.05, 3.63) is 35.4 Å². The first-order valence-electron chi connectivity index (χ1n) is 21.5. The highest BCUT2D eigenvalue weighted by atomic mass is 16.4. The Morgan fingerprint density at radius 3 is 1.41 bits per heavy atom. The molecule has 358 valence electrons. The Kier molecular flexibility index (Phi) is 25.2. The van der Waals surface area contributed by atoms with Crippen molar-refractivity contribution in [2.45, 2.75) is 89.8 Å². The van der Waals surface area contributed by atoms with E-state index in [2.05, 4.69) is 10.6 Å². The Bertz CT molecular complexity index is 1680. The number of rotatable bonds is 28. The van der Waals surface area contributed by atoms with Crippen LogP contribution in [0.4, 0.5) is 4.79 Å². The van der Waals surface area contributed by atoms with Crippen molar-refractivity contribution in [2.75, 3.05) is 85.1 Å². The number of nitrogens with one attached hydrogen (secondary N) is 2. The fraction of sp³-hybridized carbons (Fsp3) is 0.643. The van der Waals surface area contributed by atoms with Crippen LogP contribution in [0.2, 0.25) is 0 Å². The summed E-state index contributed by atoms with van der Waals surface area (Å²) in [4.78, 5) is 116. The summed E-state index contributed by atoms with van der Waals surface area (Å²) in [6, 6.07) is 3.69. The maximum Gasteiger partial charge on any atom is 0.326 e. The molecule has 22 heteroatoms. The lowest BCUT2D eigenvalue weighted by Gasteiger charge is -2.32. The minimum Gasteiger partial charge on any atom is -0.481 e. The van der Waals surface area contributed by atoms with Crippen LogP contribution < -0.4 is 10.6 Å². The maximum atomic E-state index is 13.5. The first-order valence-corrected chi connectivity index (χ1v) is 21.5. The van der Waals surface area contributed by atoms with E-state index in [1.165, 1.54) is 0 Å². The molecule has 0 saturated carbocycles. The molecule has 0 unspecified atom stereocenters. The van der Waals surface area contributed by atoms with Gasteiger partial charge < -0.3 is 46.2 Å². The number of amides is 3. The average Bonchev–Trinajstić information content (AvgIpc) is 3.20. The fourth-order valence-electron chi connectivity index (χ4n) is 7.04. The third-order valence-corrected chi connectivity index (χ3v) is 10.6. The van der Waals surface area contributed by atoms with Crippen molar-refractivity contribution in [3.8, 4) is 0 Å². The summed E-state index contributed by atoms with van der Waals surface area (Å²) >= 11 is 0. The number of carbonyl (C=O) groups excluding carboxylic acids is 3. The van der Waals surface area contributed by atoms with E-state index in [9.17, 15) is 68.7 Å². The van der Waals surface area contributed by atoms with Crippen molar-refractivity contribution < 1.29 is 73.8 Å². The number of unbranched alkanes of at least 4 members (excludes halogenated alkanes) is 3. The summed E-state index contributed by atoms with van der Waals surface area (Å²) < 4.78 is 0. The molecule has 0 aliphatic carbocycles. The van der Waals surface area contributed by atoms with E-state index in [1.807, 2.05) is 36.1 Å². The van der Waals surface area contributed by atoms with Crippen molar-refractivity contribution in [2.24, 2.45) is 0 Å². The van der Waals surface area contributed by atoms with Gasteiger partial charge in [0.05, 0.1) is 26.2 Å². The number of benzene rings is 1. The quantitative estimate of drug-likeness (QED) is 0.0533. The van der Waals surface area contributed by atoms with Gasteiger partial charge in [-0.15, -0.1) is 0 Å². The number of Topliss-reactive ketones (excluding diaryl/α,β-unsaturated/α-hetero) is 1. The second kappa shape index (κ2) is 29.6. The minimum atomic E-state index is -1.53. The first kappa shape index (κ1) is 54.4. The molecule has 1 aliphatic heterocycles. The molecule has 2 rings (SSSR count). The van der Waals surface area contributed by atoms with E-state index >= 15 is 0 Å². The molecule has 1 saturated heterocycles. The molecule has 1 aromatic carbocycles. The van der Waals surface area contributed by atoms with Crippen LogP contribution in [0.3, 0.4) is 0 Å². The van der Waals surface area contributed by atoms with E-state index in [-0.39, 0.29) is 96.3 Å². The SMILES string of the molecule is Cc1ccc(CN(CCCC[C@H](NC(=O)N[C@@H](CCC(=O)O)C(=O)O)C(=O)O)C(=O)CCCCCC(=O)CN2CCN(CC(=O)O)CCN(CC(=O)O)CCN(CC(=O)O)CC2)cc1. The van der Waals surface area contributed by atoms with Crippen LogP contribution in [0.1, 0.15) is 75.3 Å². The van der Waals surface area contributed by atoms with Gasteiger partial charge in [-0.05, 0) is 51.0 Å². The second-order valence-electron chi connectivity index (χ2n) is 16.0. The molecule has 1 heterocycles. The predicted molar refractivity (Wildman–Crippen MR) is 229 cm³/mol. The summed E-state index contributed by atoms with van der Waals surface area (Å²) in [6.07, 6.45) is 1.75. The van der Waals surface area contributed by atoms with Gasteiger partial charge in [0.25, 0.3) is 0 Å². The van der Waals surface area contributed by atoms with Crippen molar-refractivity contribution in [3.63, 3.8) is 0 Å². The van der Waals surface area contributed by atoms with Gasteiger partial charge in [-0.3, -0.25) is 48.4 Å².